The van der Waals surface area contributed by atoms with Crippen molar-refractivity contribution in [2.45, 2.75) is 9.79 Å². The molecule has 14 heteroatoms. The summed E-state index contributed by atoms with van der Waals surface area (Å²) in [7, 11) is -8.92. The Morgan fingerprint density at radius 1 is 0.759 bits per heavy atom. The standard InChI is InChI=1S/C15H12FN5O6S2/c16-13-19-14(17-9-5-7-10(8-6-9)28(22,23)24)21-15(20-13)18-11-3-1-2-4-12(11)29(25,26)27/h1-8H,(H,22,23,24)(H,25,26,27)(H2,17,18,19,20,21). The van der Waals surface area contributed by atoms with Crippen molar-refractivity contribution in [2.24, 2.45) is 0 Å². The van der Waals surface area contributed by atoms with E-state index in [1.807, 2.05) is 0 Å². The summed E-state index contributed by atoms with van der Waals surface area (Å²) in [6.07, 6.45) is -1.19. The quantitative estimate of drug-likeness (QED) is 0.412. The fraction of sp³-hybridized carbons (Fsp3) is 0. The van der Waals surface area contributed by atoms with E-state index >= 15 is 0 Å². The van der Waals surface area contributed by atoms with Gasteiger partial charge in [-0.05, 0) is 36.4 Å². The molecule has 0 aliphatic heterocycles. The lowest BCUT2D eigenvalue weighted by Gasteiger charge is -2.10. The highest BCUT2D eigenvalue weighted by Crippen LogP contribution is 2.24. The Kier molecular flexibility index (Phi) is 5.43. The first kappa shape index (κ1) is 20.5. The molecule has 11 nitrogen and oxygen atoms in total. The van der Waals surface area contributed by atoms with Gasteiger partial charge in [0.25, 0.3) is 20.2 Å². The molecule has 1 aromatic heterocycles. The van der Waals surface area contributed by atoms with E-state index in [0.29, 0.717) is 0 Å². The number of nitrogens with one attached hydrogen (secondary N) is 2. The Hall–Kier alpha value is -3.20. The normalized spacial score (nSPS) is 11.8. The molecule has 0 amide bonds. The van der Waals surface area contributed by atoms with Gasteiger partial charge in [-0.2, -0.15) is 36.2 Å². The first-order valence-corrected chi connectivity index (χ1v) is 10.5. The lowest BCUT2D eigenvalue weighted by molar-refractivity contribution is 0.481. The van der Waals surface area contributed by atoms with Gasteiger partial charge in [-0.3, -0.25) is 9.11 Å². The van der Waals surface area contributed by atoms with Gasteiger partial charge in [0.15, 0.2) is 0 Å². The van der Waals surface area contributed by atoms with Crippen LogP contribution in [0.4, 0.5) is 27.7 Å². The Morgan fingerprint density at radius 3 is 1.93 bits per heavy atom. The van der Waals surface area contributed by atoms with Gasteiger partial charge >= 0.3 is 6.08 Å². The lowest BCUT2D eigenvalue weighted by atomic mass is 10.3. The van der Waals surface area contributed by atoms with Crippen LogP contribution in [-0.2, 0) is 20.2 Å². The van der Waals surface area contributed by atoms with Crippen LogP contribution < -0.4 is 10.6 Å². The molecule has 3 rings (SSSR count). The minimum Gasteiger partial charge on any atom is -0.324 e. The van der Waals surface area contributed by atoms with Crippen molar-refractivity contribution in [3.05, 3.63) is 54.6 Å². The molecule has 1 heterocycles. The number of benzene rings is 2. The minimum atomic E-state index is -4.55. The molecule has 4 N–H and O–H groups in total. The number of nitrogens with zero attached hydrogens (tertiary/aromatic N) is 3. The zero-order valence-electron chi connectivity index (χ0n) is 14.2. The molecule has 0 aliphatic rings. The van der Waals surface area contributed by atoms with Gasteiger partial charge in [-0.15, -0.1) is 0 Å². The predicted molar refractivity (Wildman–Crippen MR) is 98.9 cm³/mol. The van der Waals surface area contributed by atoms with Gasteiger partial charge in [-0.25, -0.2) is 0 Å². The van der Waals surface area contributed by atoms with Crippen LogP contribution in [0, 0.1) is 6.08 Å². The Bertz CT molecular complexity index is 1270. The predicted octanol–water partition coefficient (Wildman–Crippen LogP) is 1.99. The number of anilines is 4. The van der Waals surface area contributed by atoms with E-state index in [1.54, 1.807) is 0 Å². The third-order valence-electron chi connectivity index (χ3n) is 3.43. The maximum absolute atomic E-state index is 13.8. The molecule has 0 unspecified atom stereocenters. The van der Waals surface area contributed by atoms with Crippen molar-refractivity contribution >= 4 is 43.5 Å². The Balaban J connectivity index is 1.88. The first-order valence-electron chi connectivity index (χ1n) is 7.62. The second-order valence-corrected chi connectivity index (χ2v) is 8.28. The molecule has 0 radical (unpaired) electrons. The van der Waals surface area contributed by atoms with E-state index in [-0.39, 0.29) is 28.2 Å². The topological polar surface area (TPSA) is 171 Å². The summed E-state index contributed by atoms with van der Waals surface area (Å²) >= 11 is 0. The molecule has 152 valence electrons. The van der Waals surface area contributed by atoms with E-state index in [0.717, 1.165) is 18.2 Å². The number of halogens is 1. The van der Waals surface area contributed by atoms with Crippen LogP contribution in [0.1, 0.15) is 0 Å². The molecule has 0 fully saturated rings. The summed E-state index contributed by atoms with van der Waals surface area (Å²) in [4.78, 5) is 9.94. The zero-order valence-corrected chi connectivity index (χ0v) is 15.8. The van der Waals surface area contributed by atoms with Crippen LogP contribution in [0.15, 0.2) is 58.3 Å². The third kappa shape index (κ3) is 5.20. The molecule has 0 saturated heterocycles. The first-order chi connectivity index (χ1) is 13.5. The molecular formula is C15H12FN5O6S2. The van der Waals surface area contributed by atoms with Gasteiger partial charge in [0.1, 0.15) is 4.90 Å². The minimum absolute atomic E-state index is 0.0935. The van der Waals surface area contributed by atoms with Gasteiger partial charge in [0.2, 0.25) is 11.9 Å². The molecular weight excluding hydrogens is 429 g/mol. The Morgan fingerprint density at radius 2 is 1.34 bits per heavy atom. The molecule has 29 heavy (non-hydrogen) atoms. The molecule has 0 atom stereocenters. The molecule has 0 spiro atoms. The van der Waals surface area contributed by atoms with Crippen LogP contribution in [0.5, 0.6) is 0 Å². The lowest BCUT2D eigenvalue weighted by Crippen LogP contribution is -2.08. The number of aromatic nitrogens is 3. The molecule has 2 aromatic carbocycles. The summed E-state index contributed by atoms with van der Waals surface area (Å²) in [6.45, 7) is 0. The van der Waals surface area contributed by atoms with Crippen molar-refractivity contribution in [3.63, 3.8) is 0 Å². The summed E-state index contributed by atoms with van der Waals surface area (Å²) in [6, 6.07) is 10.1. The zero-order chi connectivity index (χ0) is 21.2. The van der Waals surface area contributed by atoms with E-state index in [2.05, 4.69) is 25.6 Å². The van der Waals surface area contributed by atoms with Crippen molar-refractivity contribution in [2.75, 3.05) is 10.6 Å². The largest absolute Gasteiger partial charge is 0.324 e. The average Bonchev–Trinajstić information content (AvgIpc) is 2.60. The fourth-order valence-corrected chi connectivity index (χ4v) is 3.34. The monoisotopic (exact) mass is 441 g/mol. The van der Waals surface area contributed by atoms with Crippen LogP contribution in [0.2, 0.25) is 0 Å². The third-order valence-corrected chi connectivity index (χ3v) is 5.21. The van der Waals surface area contributed by atoms with Crippen molar-refractivity contribution < 1.29 is 30.3 Å². The summed E-state index contributed by atoms with van der Waals surface area (Å²) < 4.78 is 77.0. The van der Waals surface area contributed by atoms with Gasteiger partial charge in [-0.1, -0.05) is 12.1 Å². The molecule has 0 bridgehead atoms. The summed E-state index contributed by atoms with van der Waals surface area (Å²) in [5.41, 5.74) is 0.177. The number of para-hydroxylation sites is 1. The van der Waals surface area contributed by atoms with Gasteiger partial charge in [0.05, 0.1) is 10.6 Å². The summed E-state index contributed by atoms with van der Waals surface area (Å²) in [5, 5.41) is 5.09. The van der Waals surface area contributed by atoms with Gasteiger partial charge in [0, 0.05) is 5.69 Å². The van der Waals surface area contributed by atoms with E-state index in [1.165, 1.54) is 30.3 Å². The highest BCUT2D eigenvalue weighted by molar-refractivity contribution is 7.86. The smallest absolute Gasteiger partial charge is 0.315 e. The highest BCUT2D eigenvalue weighted by atomic mass is 32.2. The second kappa shape index (κ2) is 7.67. The van der Waals surface area contributed by atoms with Crippen LogP contribution in [-0.4, -0.2) is 40.9 Å². The van der Waals surface area contributed by atoms with Crippen molar-refractivity contribution in [1.82, 2.24) is 15.0 Å². The number of hydrogen-bond donors (Lipinski definition) is 4. The van der Waals surface area contributed by atoms with Crippen LogP contribution in [0.25, 0.3) is 0 Å². The van der Waals surface area contributed by atoms with Crippen LogP contribution in [0.3, 0.4) is 0 Å². The van der Waals surface area contributed by atoms with E-state index in [9.17, 15) is 25.8 Å². The molecule has 0 saturated carbocycles. The van der Waals surface area contributed by atoms with E-state index < -0.39 is 31.2 Å². The van der Waals surface area contributed by atoms with Crippen LogP contribution >= 0.6 is 0 Å². The SMILES string of the molecule is O=S(=O)(O)c1ccc(Nc2nc(F)nc(Nc3ccccc3S(=O)(=O)O)n2)cc1. The highest BCUT2D eigenvalue weighted by Gasteiger charge is 2.16. The summed E-state index contributed by atoms with van der Waals surface area (Å²) in [5.74, 6) is -0.630. The van der Waals surface area contributed by atoms with Crippen molar-refractivity contribution in [1.29, 1.82) is 0 Å². The van der Waals surface area contributed by atoms with Gasteiger partial charge < -0.3 is 10.6 Å². The Labute approximate surface area is 164 Å². The fourth-order valence-electron chi connectivity index (χ4n) is 2.22. The number of hydrogen-bond acceptors (Lipinski definition) is 9. The van der Waals surface area contributed by atoms with Crippen molar-refractivity contribution in [3.8, 4) is 0 Å². The molecule has 3 aromatic rings. The maximum Gasteiger partial charge on any atom is 0.315 e. The molecule has 0 aliphatic carbocycles. The maximum atomic E-state index is 13.8. The average molecular weight is 441 g/mol. The van der Waals surface area contributed by atoms with E-state index in [4.69, 9.17) is 4.55 Å². The second-order valence-electron chi connectivity index (χ2n) is 5.47. The number of rotatable bonds is 6.